The average molecular weight is 203 g/mol. The summed E-state index contributed by atoms with van der Waals surface area (Å²) in [5, 5.41) is 2.89. The van der Waals surface area contributed by atoms with Gasteiger partial charge >= 0.3 is 5.97 Å². The first-order chi connectivity index (χ1) is 6.76. The van der Waals surface area contributed by atoms with Gasteiger partial charge in [-0.2, -0.15) is 0 Å². The molecule has 0 heterocycles. The van der Waals surface area contributed by atoms with Crippen LogP contribution in [0, 0.1) is 0 Å². The molecule has 1 unspecified atom stereocenters. The molecule has 0 aromatic rings. The van der Waals surface area contributed by atoms with Gasteiger partial charge in [0.2, 0.25) is 0 Å². The minimum Gasteiger partial charge on any atom is -0.468 e. The van der Waals surface area contributed by atoms with E-state index in [1.165, 1.54) is 7.11 Å². The fraction of sp³-hybridized carbons (Fsp3) is 0.900. The van der Waals surface area contributed by atoms with E-state index in [1.807, 2.05) is 0 Å². The molecule has 0 aromatic carbocycles. The monoisotopic (exact) mass is 203 g/mol. The van der Waals surface area contributed by atoms with E-state index in [9.17, 15) is 4.79 Å². The summed E-state index contributed by atoms with van der Waals surface area (Å²) in [5.74, 6) is -0.230. The van der Waals surface area contributed by atoms with Gasteiger partial charge in [0.25, 0.3) is 0 Å². The second-order valence-electron chi connectivity index (χ2n) is 3.12. The normalized spacial score (nSPS) is 12.5. The van der Waals surface area contributed by atoms with Crippen molar-refractivity contribution in [2.45, 2.75) is 32.2 Å². The van der Waals surface area contributed by atoms with Crippen LogP contribution in [0.5, 0.6) is 0 Å². The lowest BCUT2D eigenvalue weighted by atomic mass is 10.2. The molecule has 14 heavy (non-hydrogen) atoms. The maximum Gasteiger partial charge on any atom is 0.322 e. The number of ether oxygens (including phenoxy) is 2. The van der Waals surface area contributed by atoms with Crippen molar-refractivity contribution < 1.29 is 14.3 Å². The largest absolute Gasteiger partial charge is 0.468 e. The molecule has 0 aliphatic carbocycles. The topological polar surface area (TPSA) is 47.6 Å². The Morgan fingerprint density at radius 2 is 2.14 bits per heavy atom. The van der Waals surface area contributed by atoms with Gasteiger partial charge in [-0.25, -0.2) is 0 Å². The molecule has 4 nitrogen and oxygen atoms in total. The summed E-state index contributed by atoms with van der Waals surface area (Å²) in [6.07, 6.45) is 2.86. The molecule has 0 bridgehead atoms. The summed E-state index contributed by atoms with van der Waals surface area (Å²) in [7, 11) is 3.14. The van der Waals surface area contributed by atoms with Crippen LogP contribution in [0.4, 0.5) is 0 Å². The molecule has 1 N–H and O–H groups in total. The lowest BCUT2D eigenvalue weighted by molar-refractivity contribution is -0.143. The van der Waals surface area contributed by atoms with E-state index >= 15 is 0 Å². The third-order valence-corrected chi connectivity index (χ3v) is 2.03. The average Bonchev–Trinajstić information content (AvgIpc) is 2.22. The number of hydrogen-bond donors (Lipinski definition) is 1. The molecule has 0 spiro atoms. The molecule has 0 aliphatic heterocycles. The van der Waals surface area contributed by atoms with Crippen molar-refractivity contribution in [2.24, 2.45) is 0 Å². The van der Waals surface area contributed by atoms with Crippen LogP contribution in [-0.2, 0) is 14.3 Å². The van der Waals surface area contributed by atoms with Gasteiger partial charge in [0.05, 0.1) is 7.11 Å². The lowest BCUT2D eigenvalue weighted by Gasteiger charge is -2.13. The van der Waals surface area contributed by atoms with Crippen molar-refractivity contribution >= 4 is 5.97 Å². The van der Waals surface area contributed by atoms with Crippen LogP contribution in [0.3, 0.4) is 0 Å². The van der Waals surface area contributed by atoms with E-state index in [0.29, 0.717) is 13.0 Å². The highest BCUT2D eigenvalue weighted by molar-refractivity contribution is 5.75. The van der Waals surface area contributed by atoms with Crippen molar-refractivity contribution in [3.05, 3.63) is 0 Å². The highest BCUT2D eigenvalue weighted by Crippen LogP contribution is 1.96. The van der Waals surface area contributed by atoms with Gasteiger partial charge in [-0.3, -0.25) is 4.79 Å². The van der Waals surface area contributed by atoms with Crippen molar-refractivity contribution in [3.8, 4) is 0 Å². The lowest BCUT2D eigenvalue weighted by Crippen LogP contribution is -2.36. The summed E-state index contributed by atoms with van der Waals surface area (Å²) in [6, 6.07) is -0.248. The molecule has 0 saturated carbocycles. The van der Waals surface area contributed by atoms with E-state index in [0.717, 1.165) is 19.4 Å². The summed E-state index contributed by atoms with van der Waals surface area (Å²) in [4.78, 5) is 11.1. The van der Waals surface area contributed by atoms with Gasteiger partial charge in [-0.15, -0.1) is 0 Å². The van der Waals surface area contributed by atoms with Crippen LogP contribution in [0.15, 0.2) is 0 Å². The van der Waals surface area contributed by atoms with E-state index in [1.54, 1.807) is 7.05 Å². The van der Waals surface area contributed by atoms with E-state index in [4.69, 9.17) is 4.74 Å². The highest BCUT2D eigenvalue weighted by atomic mass is 16.5. The number of esters is 1. The first kappa shape index (κ1) is 13.4. The number of unbranched alkanes of at least 4 members (excludes halogenated alkanes) is 1. The molecule has 0 fully saturated rings. The number of hydrogen-bond acceptors (Lipinski definition) is 4. The standard InChI is InChI=1S/C10H21NO3/c1-4-5-7-14-8-6-9(11-2)10(12)13-3/h9,11H,4-8H2,1-3H3. The predicted octanol–water partition coefficient (Wildman–Crippen LogP) is 0.954. The second kappa shape index (κ2) is 8.97. The van der Waals surface area contributed by atoms with Crippen LogP contribution in [0.2, 0.25) is 0 Å². The van der Waals surface area contributed by atoms with Gasteiger partial charge in [-0.05, 0) is 19.9 Å². The quantitative estimate of drug-likeness (QED) is 0.471. The van der Waals surface area contributed by atoms with Gasteiger partial charge in [-0.1, -0.05) is 13.3 Å². The van der Waals surface area contributed by atoms with Crippen molar-refractivity contribution in [3.63, 3.8) is 0 Å². The molecule has 4 heteroatoms. The number of nitrogens with one attached hydrogen (secondary N) is 1. The van der Waals surface area contributed by atoms with Crippen molar-refractivity contribution in [2.75, 3.05) is 27.4 Å². The van der Waals surface area contributed by atoms with E-state index in [-0.39, 0.29) is 12.0 Å². The molecular formula is C10H21NO3. The molecular weight excluding hydrogens is 182 g/mol. The Labute approximate surface area is 86.0 Å². The van der Waals surface area contributed by atoms with Crippen LogP contribution in [0.25, 0.3) is 0 Å². The maximum atomic E-state index is 11.1. The minimum atomic E-state index is -0.248. The summed E-state index contributed by atoms with van der Waals surface area (Å²) in [5.41, 5.74) is 0. The Morgan fingerprint density at radius 1 is 1.43 bits per heavy atom. The number of methoxy groups -OCH3 is 1. The molecule has 0 radical (unpaired) electrons. The Kier molecular flexibility index (Phi) is 8.57. The predicted molar refractivity (Wildman–Crippen MR) is 55.2 cm³/mol. The summed E-state index contributed by atoms with van der Waals surface area (Å²) in [6.45, 7) is 3.49. The SMILES string of the molecule is CCCCOCCC(NC)C(=O)OC. The Hall–Kier alpha value is -0.610. The van der Waals surface area contributed by atoms with E-state index in [2.05, 4.69) is 17.0 Å². The smallest absolute Gasteiger partial charge is 0.322 e. The Morgan fingerprint density at radius 3 is 2.64 bits per heavy atom. The van der Waals surface area contributed by atoms with E-state index < -0.39 is 0 Å². The molecule has 0 amide bonds. The zero-order valence-corrected chi connectivity index (χ0v) is 9.34. The molecule has 0 aromatic heterocycles. The van der Waals surface area contributed by atoms with Crippen LogP contribution < -0.4 is 5.32 Å². The molecule has 1 atom stereocenters. The third-order valence-electron chi connectivity index (χ3n) is 2.03. The zero-order valence-electron chi connectivity index (χ0n) is 9.34. The fourth-order valence-corrected chi connectivity index (χ4v) is 1.07. The number of carbonyl (C=O) groups is 1. The molecule has 0 aliphatic rings. The third kappa shape index (κ3) is 5.94. The zero-order chi connectivity index (χ0) is 10.8. The summed E-state index contributed by atoms with van der Waals surface area (Å²) < 4.78 is 9.98. The fourth-order valence-electron chi connectivity index (χ4n) is 1.07. The van der Waals surface area contributed by atoms with Crippen LogP contribution in [0.1, 0.15) is 26.2 Å². The first-order valence-electron chi connectivity index (χ1n) is 5.09. The van der Waals surface area contributed by atoms with Gasteiger partial charge < -0.3 is 14.8 Å². The Bertz CT molecular complexity index is 150. The maximum absolute atomic E-state index is 11.1. The number of rotatable bonds is 8. The van der Waals surface area contributed by atoms with Crippen molar-refractivity contribution in [1.82, 2.24) is 5.32 Å². The summed E-state index contributed by atoms with van der Waals surface area (Å²) >= 11 is 0. The molecule has 0 rings (SSSR count). The molecule has 84 valence electrons. The number of likely N-dealkylation sites (N-methyl/N-ethyl adjacent to an activating group) is 1. The van der Waals surface area contributed by atoms with Crippen LogP contribution >= 0.6 is 0 Å². The van der Waals surface area contributed by atoms with Gasteiger partial charge in [0.15, 0.2) is 0 Å². The second-order valence-corrected chi connectivity index (χ2v) is 3.12. The van der Waals surface area contributed by atoms with Crippen LogP contribution in [-0.4, -0.2) is 39.4 Å². The Balaban J connectivity index is 3.48. The number of carbonyl (C=O) groups excluding carboxylic acids is 1. The van der Waals surface area contributed by atoms with Gasteiger partial charge in [0.1, 0.15) is 6.04 Å². The van der Waals surface area contributed by atoms with Gasteiger partial charge in [0, 0.05) is 13.2 Å². The first-order valence-corrected chi connectivity index (χ1v) is 5.09. The minimum absolute atomic E-state index is 0.230. The highest BCUT2D eigenvalue weighted by Gasteiger charge is 2.15. The van der Waals surface area contributed by atoms with Crippen molar-refractivity contribution in [1.29, 1.82) is 0 Å². The molecule has 0 saturated heterocycles.